The van der Waals surface area contributed by atoms with E-state index in [0.29, 0.717) is 28.2 Å². The van der Waals surface area contributed by atoms with E-state index in [1.165, 1.54) is 4.57 Å². The highest BCUT2D eigenvalue weighted by Crippen LogP contribution is 2.18. The molecule has 0 aliphatic rings. The van der Waals surface area contributed by atoms with Gasteiger partial charge in [-0.15, -0.1) is 0 Å². The molecule has 0 spiro atoms. The Morgan fingerprint density at radius 2 is 1.78 bits per heavy atom. The van der Waals surface area contributed by atoms with Crippen molar-refractivity contribution in [3.05, 3.63) is 86.7 Å². The number of hydrogen-bond donors (Lipinski definition) is 1. The number of amides is 1. The minimum Gasteiger partial charge on any atom is -0.497 e. The molecule has 2 heterocycles. The van der Waals surface area contributed by atoms with Crippen LogP contribution in [-0.2, 0) is 18.4 Å². The number of aromatic nitrogens is 3. The summed E-state index contributed by atoms with van der Waals surface area (Å²) in [6.07, 6.45) is 0. The fraction of sp³-hybridized carbons (Fsp3) is 0.208. The third-order valence-corrected chi connectivity index (χ3v) is 5.49. The molecular formula is C24H24N4O4. The molecule has 0 bridgehead atoms. The van der Waals surface area contributed by atoms with Crippen LogP contribution in [0.3, 0.4) is 0 Å². The molecule has 1 N–H and O–H groups in total. The van der Waals surface area contributed by atoms with Gasteiger partial charge in [-0.1, -0.05) is 18.2 Å². The predicted octanol–water partition coefficient (Wildman–Crippen LogP) is 2.76. The molecule has 32 heavy (non-hydrogen) atoms. The smallest absolute Gasteiger partial charge is 0.336 e. The Kier molecular flexibility index (Phi) is 5.44. The van der Waals surface area contributed by atoms with Crippen LogP contribution in [-0.4, -0.2) is 26.7 Å². The van der Waals surface area contributed by atoms with Gasteiger partial charge in [0.1, 0.15) is 17.8 Å². The van der Waals surface area contributed by atoms with Crippen LogP contribution in [0, 0.1) is 13.8 Å². The van der Waals surface area contributed by atoms with Crippen LogP contribution in [0.15, 0.2) is 64.2 Å². The first-order valence-electron chi connectivity index (χ1n) is 10.1. The number of carbonyl (C=O) groups is 1. The number of nitrogens with one attached hydrogen (secondary N) is 1. The van der Waals surface area contributed by atoms with Crippen LogP contribution in [0.5, 0.6) is 5.75 Å². The lowest BCUT2D eigenvalue weighted by molar-refractivity contribution is -0.116. The highest BCUT2D eigenvalue weighted by Gasteiger charge is 2.20. The van der Waals surface area contributed by atoms with Crippen LogP contribution in [0.2, 0.25) is 0 Å². The number of ether oxygens (including phenoxy) is 1. The Bertz CT molecular complexity index is 1460. The van der Waals surface area contributed by atoms with Gasteiger partial charge in [-0.05, 0) is 49.7 Å². The third-order valence-electron chi connectivity index (χ3n) is 5.49. The molecule has 0 fully saturated rings. The molecule has 0 aliphatic carbocycles. The quantitative estimate of drug-likeness (QED) is 0.525. The summed E-state index contributed by atoms with van der Waals surface area (Å²) in [4.78, 5) is 39.6. The largest absolute Gasteiger partial charge is 0.497 e. The van der Waals surface area contributed by atoms with E-state index >= 15 is 0 Å². The zero-order valence-corrected chi connectivity index (χ0v) is 18.4. The van der Waals surface area contributed by atoms with E-state index in [0.717, 1.165) is 15.8 Å². The third kappa shape index (κ3) is 3.71. The fourth-order valence-corrected chi connectivity index (χ4v) is 3.78. The van der Waals surface area contributed by atoms with Crippen molar-refractivity contribution < 1.29 is 9.53 Å². The van der Waals surface area contributed by atoms with Gasteiger partial charge in [0, 0.05) is 24.5 Å². The second-order valence-corrected chi connectivity index (χ2v) is 7.71. The summed E-state index contributed by atoms with van der Waals surface area (Å²) in [5.74, 6) is 0.214. The molecule has 0 aliphatic heterocycles. The van der Waals surface area contributed by atoms with Gasteiger partial charge in [-0.2, -0.15) is 0 Å². The van der Waals surface area contributed by atoms with Crippen LogP contribution in [0.25, 0.3) is 16.7 Å². The summed E-state index contributed by atoms with van der Waals surface area (Å²) in [6, 6.07) is 15.9. The molecule has 0 saturated carbocycles. The second kappa shape index (κ2) is 8.22. The average molecular weight is 432 g/mol. The molecule has 4 rings (SSSR count). The van der Waals surface area contributed by atoms with Crippen molar-refractivity contribution in [2.45, 2.75) is 20.4 Å². The van der Waals surface area contributed by atoms with E-state index in [4.69, 9.17) is 4.74 Å². The summed E-state index contributed by atoms with van der Waals surface area (Å²) in [5, 5.41) is 2.79. The normalized spacial score (nSPS) is 11.0. The summed E-state index contributed by atoms with van der Waals surface area (Å²) in [6.45, 7) is 3.49. The Morgan fingerprint density at radius 1 is 1.03 bits per heavy atom. The number of methoxy groups -OCH3 is 1. The maximum absolute atomic E-state index is 13.4. The minimum absolute atomic E-state index is 0.248. The van der Waals surface area contributed by atoms with Gasteiger partial charge >= 0.3 is 5.69 Å². The molecule has 164 valence electrons. The number of hydrogen-bond acceptors (Lipinski definition) is 4. The van der Waals surface area contributed by atoms with Gasteiger partial charge in [0.25, 0.3) is 5.56 Å². The number of aryl methyl sites for hydroxylation is 3. The molecular weight excluding hydrogens is 408 g/mol. The molecule has 8 heteroatoms. The SMILES string of the molecule is COc1cccc(NC(=O)Cn2c(=O)n(-c3cccc(C)c3)c(=O)c3c2cc(C)n3C)c1. The first kappa shape index (κ1) is 21.2. The molecule has 2 aromatic carbocycles. The lowest BCUT2D eigenvalue weighted by atomic mass is 10.2. The Balaban J connectivity index is 1.85. The van der Waals surface area contributed by atoms with Gasteiger partial charge in [-0.3, -0.25) is 14.2 Å². The van der Waals surface area contributed by atoms with Crippen molar-refractivity contribution in [1.29, 1.82) is 0 Å². The summed E-state index contributed by atoms with van der Waals surface area (Å²) in [7, 11) is 3.31. The molecule has 0 atom stereocenters. The highest BCUT2D eigenvalue weighted by atomic mass is 16.5. The van der Waals surface area contributed by atoms with Gasteiger partial charge in [0.05, 0.1) is 18.3 Å². The number of rotatable bonds is 5. The van der Waals surface area contributed by atoms with E-state index in [1.807, 2.05) is 19.9 Å². The van der Waals surface area contributed by atoms with Crippen molar-refractivity contribution in [2.75, 3.05) is 12.4 Å². The molecule has 0 saturated heterocycles. The standard InChI is InChI=1S/C24H24N4O4/c1-15-7-5-9-18(11-15)28-23(30)22-20(12-16(2)26(22)3)27(24(28)31)14-21(29)25-17-8-6-10-19(13-17)32-4/h5-13H,14H2,1-4H3,(H,25,29). The van der Waals surface area contributed by atoms with Crippen molar-refractivity contribution in [2.24, 2.45) is 7.05 Å². The first-order valence-corrected chi connectivity index (χ1v) is 10.1. The van der Waals surface area contributed by atoms with Crippen LogP contribution >= 0.6 is 0 Å². The number of anilines is 1. The minimum atomic E-state index is -0.570. The van der Waals surface area contributed by atoms with E-state index in [-0.39, 0.29) is 6.54 Å². The van der Waals surface area contributed by atoms with Gasteiger partial charge < -0.3 is 14.6 Å². The van der Waals surface area contributed by atoms with E-state index < -0.39 is 17.2 Å². The molecule has 2 aromatic heterocycles. The molecule has 4 aromatic rings. The van der Waals surface area contributed by atoms with Crippen LogP contribution < -0.4 is 21.3 Å². The van der Waals surface area contributed by atoms with Crippen molar-refractivity contribution >= 4 is 22.6 Å². The predicted molar refractivity (Wildman–Crippen MR) is 124 cm³/mol. The number of benzene rings is 2. The van der Waals surface area contributed by atoms with Gasteiger partial charge in [0.15, 0.2) is 0 Å². The molecule has 0 unspecified atom stereocenters. The molecule has 0 radical (unpaired) electrons. The van der Waals surface area contributed by atoms with E-state index in [2.05, 4.69) is 5.32 Å². The molecule has 8 nitrogen and oxygen atoms in total. The summed E-state index contributed by atoms with van der Waals surface area (Å²) < 4.78 is 9.38. The zero-order chi connectivity index (χ0) is 23.0. The first-order chi connectivity index (χ1) is 15.3. The maximum Gasteiger partial charge on any atom is 0.336 e. The van der Waals surface area contributed by atoms with Crippen molar-refractivity contribution in [1.82, 2.24) is 13.7 Å². The fourth-order valence-electron chi connectivity index (χ4n) is 3.78. The van der Waals surface area contributed by atoms with Gasteiger partial charge in [0.2, 0.25) is 5.91 Å². The van der Waals surface area contributed by atoms with Gasteiger partial charge in [-0.25, -0.2) is 9.36 Å². The van der Waals surface area contributed by atoms with Crippen LogP contribution in [0.1, 0.15) is 11.3 Å². The van der Waals surface area contributed by atoms with Crippen molar-refractivity contribution in [3.63, 3.8) is 0 Å². The van der Waals surface area contributed by atoms with Crippen LogP contribution in [0.4, 0.5) is 5.69 Å². The lowest BCUT2D eigenvalue weighted by Gasteiger charge is -2.14. The number of carbonyl (C=O) groups excluding carboxylic acids is 1. The summed E-state index contributed by atoms with van der Waals surface area (Å²) in [5.41, 5.74) is 2.52. The Morgan fingerprint density at radius 3 is 2.50 bits per heavy atom. The average Bonchev–Trinajstić information content (AvgIpc) is 3.06. The zero-order valence-electron chi connectivity index (χ0n) is 18.4. The van der Waals surface area contributed by atoms with E-state index in [9.17, 15) is 14.4 Å². The van der Waals surface area contributed by atoms with Crippen molar-refractivity contribution in [3.8, 4) is 11.4 Å². The highest BCUT2D eigenvalue weighted by molar-refractivity contribution is 5.91. The second-order valence-electron chi connectivity index (χ2n) is 7.71. The summed E-state index contributed by atoms with van der Waals surface area (Å²) >= 11 is 0. The van der Waals surface area contributed by atoms with E-state index in [1.54, 1.807) is 67.3 Å². The number of nitrogens with zero attached hydrogens (tertiary/aromatic N) is 3. The number of fused-ring (bicyclic) bond motifs is 1. The lowest BCUT2D eigenvalue weighted by Crippen LogP contribution is -2.41. The topological polar surface area (TPSA) is 87.3 Å². The monoisotopic (exact) mass is 432 g/mol. The molecule has 1 amide bonds. The maximum atomic E-state index is 13.4. The Labute approximate surface area is 184 Å². The Hall–Kier alpha value is -4.07.